The van der Waals surface area contributed by atoms with Crippen molar-refractivity contribution < 1.29 is 0 Å². The molecule has 0 heterocycles. The molecule has 0 nitrogen and oxygen atoms in total. The quantitative estimate of drug-likeness (QED) is 0.383. The van der Waals surface area contributed by atoms with Gasteiger partial charge < -0.3 is 0 Å². The lowest BCUT2D eigenvalue weighted by Gasteiger charge is -2.67. The Morgan fingerprint density at radius 2 is 1.57 bits per heavy atom. The summed E-state index contributed by atoms with van der Waals surface area (Å²) in [6.07, 6.45) is 7.92. The van der Waals surface area contributed by atoms with E-state index in [0.29, 0.717) is 17.8 Å². The summed E-state index contributed by atoms with van der Waals surface area (Å²) < 4.78 is 0. The van der Waals surface area contributed by atoms with Crippen LogP contribution in [0.4, 0.5) is 0 Å². The minimum absolute atomic E-state index is 0.0287. The van der Waals surface area contributed by atoms with Gasteiger partial charge in [-0.2, -0.15) is 0 Å². The van der Waals surface area contributed by atoms with E-state index in [1.54, 1.807) is 11.1 Å². The fourth-order valence-electron chi connectivity index (χ4n) is 10.0. The molecule has 1 aromatic carbocycles. The highest BCUT2D eigenvalue weighted by molar-refractivity contribution is 5.88. The predicted octanol–water partition coefficient (Wildman–Crippen LogP) is 11.0. The Labute approximate surface area is 227 Å². The van der Waals surface area contributed by atoms with E-state index in [4.69, 9.17) is 13.2 Å². The standard InChI is InChI=1S/C37H50/c1-21(2)31-23(4)20-35(10)28(9)36(11)25(6)33-30(29-16-14-13-15-17-29)19-18-22(3)32(33)24(5)34(36)27(8)37(35,12)26(31)7/h18-19,25,28-29H,1,5,7,13-17,20H2,2-4,6,8-12H3/t25-,28+,35+,36-,37-/m1/s1. The number of hydrogen-bond donors (Lipinski definition) is 0. The third-order valence-corrected chi connectivity index (χ3v) is 12.5. The minimum atomic E-state index is -0.121. The molecule has 0 saturated heterocycles. The third-order valence-electron chi connectivity index (χ3n) is 12.5. The molecule has 0 spiro atoms. The molecule has 0 aromatic heterocycles. The highest BCUT2D eigenvalue weighted by Crippen LogP contribution is 2.74. The summed E-state index contributed by atoms with van der Waals surface area (Å²) >= 11 is 0. The molecule has 0 aliphatic heterocycles. The molecule has 1 saturated carbocycles. The largest absolute Gasteiger partial charge is 0.0955 e. The highest BCUT2D eigenvalue weighted by atomic mass is 14.7. The molecular weight excluding hydrogens is 444 g/mol. The summed E-state index contributed by atoms with van der Waals surface area (Å²) in [4.78, 5) is 0. The molecule has 0 bridgehead atoms. The maximum absolute atomic E-state index is 4.92. The number of fused-ring (bicyclic) bond motifs is 3. The van der Waals surface area contributed by atoms with E-state index in [1.807, 2.05) is 0 Å². The molecular formula is C37H50. The molecule has 0 amide bonds. The Bertz CT molecular complexity index is 1290. The van der Waals surface area contributed by atoms with E-state index in [2.05, 4.69) is 81.0 Å². The molecule has 0 unspecified atom stereocenters. The Morgan fingerprint density at radius 3 is 2.16 bits per heavy atom. The van der Waals surface area contributed by atoms with Crippen molar-refractivity contribution in [1.82, 2.24) is 0 Å². The summed E-state index contributed by atoms with van der Waals surface area (Å²) in [5.74, 6) is 1.62. The fraction of sp³-hybridized carbons (Fsp3) is 0.568. The molecule has 0 N–H and O–H groups in total. The van der Waals surface area contributed by atoms with Gasteiger partial charge in [0.2, 0.25) is 0 Å². The van der Waals surface area contributed by atoms with Gasteiger partial charge in [-0.15, -0.1) is 0 Å². The van der Waals surface area contributed by atoms with Gasteiger partial charge in [-0.05, 0) is 115 Å². The maximum Gasteiger partial charge on any atom is 0.0196 e. The van der Waals surface area contributed by atoms with Crippen LogP contribution in [0, 0.1) is 29.1 Å². The maximum atomic E-state index is 4.92. The van der Waals surface area contributed by atoms with Crippen molar-refractivity contribution in [3.8, 4) is 0 Å². The van der Waals surface area contributed by atoms with Gasteiger partial charge in [-0.1, -0.05) is 102 Å². The van der Waals surface area contributed by atoms with Gasteiger partial charge in [-0.3, -0.25) is 0 Å². The van der Waals surface area contributed by atoms with E-state index in [1.165, 1.54) is 76.7 Å². The van der Waals surface area contributed by atoms with Crippen molar-refractivity contribution in [3.63, 3.8) is 0 Å². The van der Waals surface area contributed by atoms with Crippen molar-refractivity contribution in [2.24, 2.45) is 22.2 Å². The first-order valence-electron chi connectivity index (χ1n) is 14.8. The molecule has 0 heteroatoms. The zero-order chi connectivity index (χ0) is 27.2. The average molecular weight is 495 g/mol. The first kappa shape index (κ1) is 26.5. The molecule has 1 fully saturated rings. The number of aryl methyl sites for hydroxylation is 1. The van der Waals surface area contributed by atoms with E-state index in [0.717, 1.165) is 12.0 Å². The molecule has 37 heavy (non-hydrogen) atoms. The topological polar surface area (TPSA) is 0 Å². The summed E-state index contributed by atoms with van der Waals surface area (Å²) in [6, 6.07) is 4.88. The van der Waals surface area contributed by atoms with Crippen LogP contribution in [0.25, 0.3) is 5.57 Å². The van der Waals surface area contributed by atoms with Gasteiger partial charge in [0.05, 0.1) is 0 Å². The predicted molar refractivity (Wildman–Crippen MR) is 162 cm³/mol. The lowest BCUT2D eigenvalue weighted by molar-refractivity contribution is -0.0262. The second kappa shape index (κ2) is 8.46. The summed E-state index contributed by atoms with van der Waals surface area (Å²) in [5.41, 5.74) is 15.6. The van der Waals surface area contributed by atoms with Crippen LogP contribution in [-0.2, 0) is 0 Å². The Morgan fingerprint density at radius 1 is 0.946 bits per heavy atom. The van der Waals surface area contributed by atoms with Gasteiger partial charge in [0, 0.05) is 10.8 Å². The molecule has 5 rings (SSSR count). The van der Waals surface area contributed by atoms with Crippen LogP contribution >= 0.6 is 0 Å². The van der Waals surface area contributed by atoms with Crippen molar-refractivity contribution >= 4 is 5.57 Å². The molecule has 198 valence electrons. The smallest absolute Gasteiger partial charge is 0.0196 e. The number of hydrogen-bond acceptors (Lipinski definition) is 0. The van der Waals surface area contributed by atoms with Crippen LogP contribution in [0.15, 0.2) is 65.3 Å². The summed E-state index contributed by atoms with van der Waals surface area (Å²) in [6.45, 7) is 36.1. The van der Waals surface area contributed by atoms with Gasteiger partial charge in [0.25, 0.3) is 0 Å². The fourth-order valence-corrected chi connectivity index (χ4v) is 10.0. The summed E-state index contributed by atoms with van der Waals surface area (Å²) in [5, 5.41) is 0. The van der Waals surface area contributed by atoms with Crippen LogP contribution in [0.2, 0.25) is 0 Å². The first-order valence-corrected chi connectivity index (χ1v) is 14.8. The number of benzene rings is 1. The number of rotatable bonds is 2. The highest BCUT2D eigenvalue weighted by Gasteiger charge is 2.65. The van der Waals surface area contributed by atoms with Crippen LogP contribution in [-0.4, -0.2) is 0 Å². The van der Waals surface area contributed by atoms with E-state index in [9.17, 15) is 0 Å². The first-order chi connectivity index (χ1) is 17.2. The zero-order valence-corrected chi connectivity index (χ0v) is 25.3. The summed E-state index contributed by atoms with van der Waals surface area (Å²) in [7, 11) is 0. The average Bonchev–Trinajstić information content (AvgIpc) is 2.84. The van der Waals surface area contributed by atoms with Crippen molar-refractivity contribution in [1.29, 1.82) is 0 Å². The molecule has 0 radical (unpaired) electrons. The normalized spacial score (nSPS) is 36.4. The molecule has 4 aliphatic rings. The van der Waals surface area contributed by atoms with Gasteiger partial charge >= 0.3 is 0 Å². The molecule has 5 atom stereocenters. The van der Waals surface area contributed by atoms with Crippen LogP contribution in [0.1, 0.15) is 128 Å². The monoisotopic (exact) mass is 494 g/mol. The lowest BCUT2D eigenvalue weighted by Crippen LogP contribution is -2.58. The molecule has 4 aliphatic carbocycles. The Kier molecular flexibility index (Phi) is 6.06. The lowest BCUT2D eigenvalue weighted by atomic mass is 9.36. The third kappa shape index (κ3) is 3.14. The Hall–Kier alpha value is -2.08. The number of allylic oxidation sites excluding steroid dienone is 7. The minimum Gasteiger partial charge on any atom is -0.0955 e. The SMILES string of the molecule is C=C(C)C1=C(C)C[C@@]2(C)[C@H](C)[C@]3(C)C(=C(C)[C@@]2(C)C1=C)C(=C)c1c(C)ccc(C2CCCCC2)c1[C@H]3C. The van der Waals surface area contributed by atoms with Crippen LogP contribution in [0.3, 0.4) is 0 Å². The van der Waals surface area contributed by atoms with E-state index >= 15 is 0 Å². The van der Waals surface area contributed by atoms with Gasteiger partial charge in [-0.25, -0.2) is 0 Å². The van der Waals surface area contributed by atoms with Gasteiger partial charge in [0.1, 0.15) is 0 Å². The van der Waals surface area contributed by atoms with Crippen molar-refractivity contribution in [3.05, 3.63) is 87.6 Å². The van der Waals surface area contributed by atoms with E-state index < -0.39 is 0 Å². The zero-order valence-electron chi connectivity index (χ0n) is 25.3. The second-order valence-electron chi connectivity index (χ2n) is 13.9. The van der Waals surface area contributed by atoms with Crippen molar-refractivity contribution in [2.45, 2.75) is 113 Å². The van der Waals surface area contributed by atoms with Crippen LogP contribution < -0.4 is 0 Å². The van der Waals surface area contributed by atoms with E-state index in [-0.39, 0.29) is 16.2 Å². The van der Waals surface area contributed by atoms with Crippen molar-refractivity contribution in [2.75, 3.05) is 0 Å². The van der Waals surface area contributed by atoms with Crippen LogP contribution in [0.5, 0.6) is 0 Å². The van der Waals surface area contributed by atoms with Gasteiger partial charge in [0.15, 0.2) is 0 Å². The Balaban J connectivity index is 1.81. The molecule has 1 aromatic rings. The second-order valence-corrected chi connectivity index (χ2v) is 13.9.